The van der Waals surface area contributed by atoms with Gasteiger partial charge in [0.1, 0.15) is 11.6 Å². The van der Waals surface area contributed by atoms with E-state index < -0.39 is 0 Å². The van der Waals surface area contributed by atoms with Gasteiger partial charge in [-0.15, -0.1) is 11.8 Å². The molecule has 2 aliphatic rings. The summed E-state index contributed by atoms with van der Waals surface area (Å²) in [7, 11) is 0. The Bertz CT molecular complexity index is 609. The lowest BCUT2D eigenvalue weighted by molar-refractivity contribution is 0.211. The standard InChI is InChI=1S/C15H17N3OS/c1-2-4-14-12(3-1)19-13(9-20-14)15-17-8-11(18-15)7-16-10-5-6-10/h1-4,8,10,13,16H,5-7,9H2,(H,17,18). The third-order valence-electron chi connectivity index (χ3n) is 3.62. The molecule has 1 unspecified atom stereocenters. The van der Waals surface area contributed by atoms with Gasteiger partial charge in [0.05, 0.1) is 0 Å². The molecule has 1 atom stereocenters. The zero-order chi connectivity index (χ0) is 13.4. The predicted molar refractivity (Wildman–Crippen MR) is 79.0 cm³/mol. The quantitative estimate of drug-likeness (QED) is 0.908. The highest BCUT2D eigenvalue weighted by Gasteiger charge is 2.24. The van der Waals surface area contributed by atoms with Crippen LogP contribution < -0.4 is 10.1 Å². The number of nitrogens with zero attached hydrogens (tertiary/aromatic N) is 1. The van der Waals surface area contributed by atoms with Crippen molar-refractivity contribution in [3.8, 4) is 5.75 Å². The minimum absolute atomic E-state index is 0.0181. The minimum atomic E-state index is 0.0181. The lowest BCUT2D eigenvalue weighted by atomic mass is 10.3. The van der Waals surface area contributed by atoms with Crippen molar-refractivity contribution in [3.63, 3.8) is 0 Å². The number of aromatic nitrogens is 2. The van der Waals surface area contributed by atoms with Gasteiger partial charge in [0.15, 0.2) is 6.10 Å². The van der Waals surface area contributed by atoms with Gasteiger partial charge in [-0.1, -0.05) is 12.1 Å². The largest absolute Gasteiger partial charge is 0.480 e. The summed E-state index contributed by atoms with van der Waals surface area (Å²) in [6.07, 6.45) is 4.55. The van der Waals surface area contributed by atoms with Gasteiger partial charge in [0.2, 0.25) is 0 Å². The van der Waals surface area contributed by atoms with Gasteiger partial charge >= 0.3 is 0 Å². The van der Waals surface area contributed by atoms with Crippen LogP contribution in [0.3, 0.4) is 0 Å². The maximum atomic E-state index is 6.03. The summed E-state index contributed by atoms with van der Waals surface area (Å²) in [5.41, 5.74) is 1.14. The van der Waals surface area contributed by atoms with E-state index in [1.54, 1.807) is 0 Å². The second-order valence-corrected chi connectivity index (χ2v) is 6.37. The van der Waals surface area contributed by atoms with Crippen LogP contribution in [0.1, 0.15) is 30.5 Å². The summed E-state index contributed by atoms with van der Waals surface area (Å²) in [6.45, 7) is 0.869. The van der Waals surface area contributed by atoms with Crippen molar-refractivity contribution in [2.75, 3.05) is 5.75 Å². The molecular weight excluding hydrogens is 270 g/mol. The van der Waals surface area contributed by atoms with Crippen molar-refractivity contribution in [1.82, 2.24) is 15.3 Å². The number of ether oxygens (including phenoxy) is 1. The minimum Gasteiger partial charge on any atom is -0.480 e. The van der Waals surface area contributed by atoms with Crippen LogP contribution in [-0.4, -0.2) is 21.8 Å². The number of hydrogen-bond acceptors (Lipinski definition) is 4. The molecule has 4 rings (SSSR count). The van der Waals surface area contributed by atoms with E-state index in [1.165, 1.54) is 17.7 Å². The topological polar surface area (TPSA) is 49.9 Å². The Morgan fingerprint density at radius 2 is 2.25 bits per heavy atom. The van der Waals surface area contributed by atoms with E-state index in [0.717, 1.165) is 35.6 Å². The molecule has 1 aromatic carbocycles. The van der Waals surface area contributed by atoms with E-state index in [-0.39, 0.29) is 6.10 Å². The molecule has 0 amide bonds. The second kappa shape index (κ2) is 5.14. The van der Waals surface area contributed by atoms with Crippen LogP contribution in [0.4, 0.5) is 0 Å². The fourth-order valence-electron chi connectivity index (χ4n) is 2.33. The molecule has 1 aromatic heterocycles. The van der Waals surface area contributed by atoms with Crippen molar-refractivity contribution in [3.05, 3.63) is 42.0 Å². The maximum Gasteiger partial charge on any atom is 0.165 e. The highest BCUT2D eigenvalue weighted by atomic mass is 32.2. The van der Waals surface area contributed by atoms with Crippen LogP contribution in [0.15, 0.2) is 35.4 Å². The number of thioether (sulfide) groups is 1. The number of imidazole rings is 1. The molecule has 0 spiro atoms. The van der Waals surface area contributed by atoms with Crippen LogP contribution in [-0.2, 0) is 6.54 Å². The van der Waals surface area contributed by atoms with Crippen LogP contribution in [0.5, 0.6) is 5.75 Å². The summed E-state index contributed by atoms with van der Waals surface area (Å²) < 4.78 is 6.03. The smallest absolute Gasteiger partial charge is 0.165 e. The molecule has 0 bridgehead atoms. The first-order valence-corrected chi connectivity index (χ1v) is 8.03. The van der Waals surface area contributed by atoms with Gasteiger partial charge in [-0.2, -0.15) is 0 Å². The van der Waals surface area contributed by atoms with Crippen LogP contribution in [0.25, 0.3) is 0 Å². The predicted octanol–water partition coefficient (Wildman–Crippen LogP) is 2.89. The van der Waals surface area contributed by atoms with Gasteiger partial charge < -0.3 is 15.0 Å². The van der Waals surface area contributed by atoms with Crippen molar-refractivity contribution in [1.29, 1.82) is 0 Å². The Balaban J connectivity index is 1.45. The van der Waals surface area contributed by atoms with Gasteiger partial charge in [0.25, 0.3) is 0 Å². The van der Waals surface area contributed by atoms with Crippen LogP contribution in [0.2, 0.25) is 0 Å². The summed E-state index contributed by atoms with van der Waals surface area (Å²) in [6, 6.07) is 8.89. The van der Waals surface area contributed by atoms with Crippen molar-refractivity contribution in [2.24, 2.45) is 0 Å². The Morgan fingerprint density at radius 1 is 1.35 bits per heavy atom. The first-order valence-electron chi connectivity index (χ1n) is 7.04. The number of nitrogens with one attached hydrogen (secondary N) is 2. The molecule has 2 aromatic rings. The van der Waals surface area contributed by atoms with E-state index in [9.17, 15) is 0 Å². The molecule has 1 fully saturated rings. The van der Waals surface area contributed by atoms with Gasteiger partial charge in [-0.3, -0.25) is 0 Å². The number of hydrogen-bond donors (Lipinski definition) is 2. The lowest BCUT2D eigenvalue weighted by Gasteiger charge is -2.23. The van der Waals surface area contributed by atoms with E-state index in [2.05, 4.69) is 21.4 Å². The highest BCUT2D eigenvalue weighted by molar-refractivity contribution is 7.99. The van der Waals surface area contributed by atoms with Crippen LogP contribution in [0, 0.1) is 0 Å². The number of fused-ring (bicyclic) bond motifs is 1. The lowest BCUT2D eigenvalue weighted by Crippen LogP contribution is -2.17. The van der Waals surface area contributed by atoms with Gasteiger partial charge in [-0.25, -0.2) is 4.98 Å². The molecule has 1 aliphatic heterocycles. The Morgan fingerprint density at radius 3 is 3.15 bits per heavy atom. The average molecular weight is 287 g/mol. The van der Waals surface area contributed by atoms with Crippen LogP contribution >= 0.6 is 11.8 Å². The third-order valence-corrected chi connectivity index (χ3v) is 4.74. The second-order valence-electron chi connectivity index (χ2n) is 5.31. The third kappa shape index (κ3) is 2.55. The first-order chi connectivity index (χ1) is 9.88. The van der Waals surface area contributed by atoms with Gasteiger partial charge in [-0.05, 0) is 25.0 Å². The molecule has 1 saturated carbocycles. The number of aromatic amines is 1. The molecule has 1 aliphatic carbocycles. The highest BCUT2D eigenvalue weighted by Crippen LogP contribution is 2.39. The van der Waals surface area contributed by atoms with Crippen molar-refractivity contribution in [2.45, 2.75) is 36.4 Å². The molecule has 20 heavy (non-hydrogen) atoms. The molecular formula is C15H17N3OS. The number of H-pyrrole nitrogens is 1. The van der Waals surface area contributed by atoms with E-state index >= 15 is 0 Å². The monoisotopic (exact) mass is 287 g/mol. The summed E-state index contributed by atoms with van der Waals surface area (Å²) in [5.74, 6) is 2.79. The molecule has 0 radical (unpaired) electrons. The van der Waals surface area contributed by atoms with Crippen molar-refractivity contribution >= 4 is 11.8 Å². The molecule has 4 nitrogen and oxygen atoms in total. The zero-order valence-corrected chi connectivity index (χ0v) is 12.0. The van der Waals surface area contributed by atoms with E-state index in [4.69, 9.17) is 4.74 Å². The zero-order valence-electron chi connectivity index (χ0n) is 11.1. The van der Waals surface area contributed by atoms with E-state index in [0.29, 0.717) is 0 Å². The molecule has 104 valence electrons. The Hall–Kier alpha value is -1.46. The van der Waals surface area contributed by atoms with Crippen molar-refractivity contribution < 1.29 is 4.74 Å². The molecule has 0 saturated heterocycles. The number of rotatable bonds is 4. The molecule has 5 heteroatoms. The SMILES string of the molecule is c1ccc2c(c1)OC(c1ncc(CNC3CC3)[nH]1)CS2. The van der Waals surface area contributed by atoms with Gasteiger partial charge in [0, 0.05) is 35.1 Å². The first kappa shape index (κ1) is 12.3. The molecule has 2 heterocycles. The Labute approximate surface area is 122 Å². The number of benzene rings is 1. The fraction of sp³-hybridized carbons (Fsp3) is 0.400. The summed E-state index contributed by atoms with van der Waals surface area (Å²) >= 11 is 1.83. The molecule has 2 N–H and O–H groups in total. The summed E-state index contributed by atoms with van der Waals surface area (Å²) in [5, 5.41) is 3.49. The fourth-order valence-corrected chi connectivity index (χ4v) is 3.32. The normalized spacial score (nSPS) is 21.3. The average Bonchev–Trinajstić information content (AvgIpc) is 3.21. The number of para-hydroxylation sites is 1. The summed E-state index contributed by atoms with van der Waals surface area (Å²) in [4.78, 5) is 9.08. The van der Waals surface area contributed by atoms with E-state index in [1.807, 2.05) is 36.2 Å². The maximum absolute atomic E-state index is 6.03. The Kier molecular flexibility index (Phi) is 3.16.